The van der Waals surface area contributed by atoms with E-state index in [0.29, 0.717) is 0 Å². The third-order valence-corrected chi connectivity index (χ3v) is 2.55. The fraction of sp³-hybridized carbons (Fsp3) is 0.125. The molecule has 2 aromatic rings. The van der Waals surface area contributed by atoms with E-state index in [-0.39, 0.29) is 5.69 Å². The van der Waals surface area contributed by atoms with Gasteiger partial charge in [0.2, 0.25) is 0 Å². The molecule has 0 aromatic carbocycles. The van der Waals surface area contributed by atoms with Gasteiger partial charge in [0.1, 0.15) is 3.70 Å². The first-order valence-electron chi connectivity index (χ1n) is 3.91. The smallest absolute Gasteiger partial charge is 0.305 e. The molecule has 2 aromatic heterocycles. The van der Waals surface area contributed by atoms with Gasteiger partial charge < -0.3 is 4.98 Å². The molecule has 0 saturated carbocycles. The van der Waals surface area contributed by atoms with Crippen molar-refractivity contribution in [1.82, 2.24) is 19.7 Å². The molecule has 0 saturated heterocycles. The molecule has 0 atom stereocenters. The van der Waals surface area contributed by atoms with Gasteiger partial charge in [0.15, 0.2) is 0 Å². The molecular formula is C8H7IN4O. The second-order valence-electron chi connectivity index (χ2n) is 2.80. The summed E-state index contributed by atoms with van der Waals surface area (Å²) in [6.45, 7) is 0. The maximum atomic E-state index is 11.0. The minimum atomic E-state index is -0.345. The van der Waals surface area contributed by atoms with Crippen molar-refractivity contribution in [2.45, 2.75) is 0 Å². The molecule has 0 aliphatic heterocycles. The Hall–Kier alpha value is -1.18. The summed E-state index contributed by atoms with van der Waals surface area (Å²) < 4.78 is 2.56. The van der Waals surface area contributed by atoms with Crippen molar-refractivity contribution in [2.75, 3.05) is 0 Å². The van der Waals surface area contributed by atoms with Gasteiger partial charge in [-0.3, -0.25) is 4.68 Å². The number of rotatable bonds is 1. The number of nitrogens with zero attached hydrogens (tertiary/aromatic N) is 3. The highest BCUT2D eigenvalue weighted by molar-refractivity contribution is 14.1. The molecule has 0 spiro atoms. The van der Waals surface area contributed by atoms with E-state index in [4.69, 9.17) is 0 Å². The summed E-state index contributed by atoms with van der Waals surface area (Å²) in [6, 6.07) is 1.75. The maximum absolute atomic E-state index is 11.0. The Morgan fingerprint density at radius 3 is 2.93 bits per heavy atom. The van der Waals surface area contributed by atoms with Crippen LogP contribution in [0.4, 0.5) is 0 Å². The summed E-state index contributed by atoms with van der Waals surface area (Å²) >= 11 is 2.12. The van der Waals surface area contributed by atoms with Crippen LogP contribution in [-0.2, 0) is 7.05 Å². The molecule has 2 rings (SSSR count). The Balaban J connectivity index is 2.59. The molecule has 14 heavy (non-hydrogen) atoms. The van der Waals surface area contributed by atoms with Gasteiger partial charge in [-0.2, -0.15) is 5.10 Å². The average Bonchev–Trinajstić information content (AvgIpc) is 2.45. The number of hydrogen-bond donors (Lipinski definition) is 1. The van der Waals surface area contributed by atoms with E-state index in [2.05, 4.69) is 37.7 Å². The van der Waals surface area contributed by atoms with E-state index in [1.807, 2.05) is 13.2 Å². The Bertz CT molecular complexity index is 516. The van der Waals surface area contributed by atoms with E-state index < -0.39 is 0 Å². The van der Waals surface area contributed by atoms with E-state index in [1.54, 1.807) is 10.7 Å². The van der Waals surface area contributed by atoms with Crippen LogP contribution in [-0.4, -0.2) is 19.7 Å². The number of hydrogen-bond acceptors (Lipinski definition) is 3. The van der Waals surface area contributed by atoms with Crippen molar-refractivity contribution in [2.24, 2.45) is 7.05 Å². The normalized spacial score (nSPS) is 10.4. The Morgan fingerprint density at radius 2 is 2.36 bits per heavy atom. The maximum Gasteiger partial charge on any atom is 0.345 e. The lowest BCUT2D eigenvalue weighted by atomic mass is 10.2. The number of aryl methyl sites for hydroxylation is 1. The monoisotopic (exact) mass is 302 g/mol. The van der Waals surface area contributed by atoms with Gasteiger partial charge in [-0.05, 0) is 28.7 Å². The van der Waals surface area contributed by atoms with E-state index in [1.165, 1.54) is 6.20 Å². The van der Waals surface area contributed by atoms with Crippen LogP contribution in [0.25, 0.3) is 11.3 Å². The summed E-state index contributed by atoms with van der Waals surface area (Å²) in [6.07, 6.45) is 3.34. The summed E-state index contributed by atoms with van der Waals surface area (Å²) in [4.78, 5) is 17.2. The molecule has 5 nitrogen and oxygen atoms in total. The molecule has 1 N–H and O–H groups in total. The van der Waals surface area contributed by atoms with Crippen LogP contribution in [0.2, 0.25) is 0 Å². The molecule has 2 heterocycles. The Morgan fingerprint density at radius 1 is 1.57 bits per heavy atom. The van der Waals surface area contributed by atoms with Gasteiger partial charge in [0.05, 0.1) is 5.69 Å². The van der Waals surface area contributed by atoms with Crippen LogP contribution in [0, 0.1) is 3.70 Å². The second kappa shape index (κ2) is 3.52. The highest BCUT2D eigenvalue weighted by Gasteiger charge is 2.07. The third kappa shape index (κ3) is 1.69. The molecule has 6 heteroatoms. The van der Waals surface area contributed by atoms with Crippen molar-refractivity contribution < 1.29 is 0 Å². The van der Waals surface area contributed by atoms with E-state index in [0.717, 1.165) is 15.0 Å². The zero-order valence-corrected chi connectivity index (χ0v) is 9.52. The average molecular weight is 302 g/mol. The van der Waals surface area contributed by atoms with Gasteiger partial charge in [-0.25, -0.2) is 9.78 Å². The lowest BCUT2D eigenvalue weighted by Crippen LogP contribution is -2.09. The lowest BCUT2D eigenvalue weighted by molar-refractivity contribution is 0.760. The first-order valence-corrected chi connectivity index (χ1v) is 4.99. The number of aromatic amines is 1. The molecule has 0 fully saturated rings. The third-order valence-electron chi connectivity index (χ3n) is 1.75. The number of H-pyrrole nitrogens is 1. The van der Waals surface area contributed by atoms with Crippen LogP contribution in [0.15, 0.2) is 23.3 Å². The fourth-order valence-electron chi connectivity index (χ4n) is 1.17. The predicted octanol–water partition coefficient (Wildman–Crippen LogP) is 0.775. The van der Waals surface area contributed by atoms with Gasteiger partial charge >= 0.3 is 5.69 Å². The van der Waals surface area contributed by atoms with Crippen LogP contribution in [0.3, 0.4) is 0 Å². The van der Waals surface area contributed by atoms with Gasteiger partial charge in [-0.1, -0.05) is 0 Å². The fourth-order valence-corrected chi connectivity index (χ4v) is 1.94. The van der Waals surface area contributed by atoms with Crippen molar-refractivity contribution in [3.63, 3.8) is 0 Å². The van der Waals surface area contributed by atoms with Crippen LogP contribution >= 0.6 is 22.6 Å². The highest BCUT2D eigenvalue weighted by atomic mass is 127. The predicted molar refractivity (Wildman–Crippen MR) is 59.8 cm³/mol. The molecule has 0 amide bonds. The zero-order valence-electron chi connectivity index (χ0n) is 7.36. The summed E-state index contributed by atoms with van der Waals surface area (Å²) in [5.74, 6) is 0. The molecular weight excluding hydrogens is 295 g/mol. The summed E-state index contributed by atoms with van der Waals surface area (Å²) in [5.41, 5.74) is 1.30. The summed E-state index contributed by atoms with van der Waals surface area (Å²) in [7, 11) is 1.84. The lowest BCUT2D eigenvalue weighted by Gasteiger charge is -1.95. The second-order valence-corrected chi connectivity index (χ2v) is 3.82. The number of halogens is 1. The molecule has 0 aliphatic rings. The molecule has 0 aliphatic carbocycles. The van der Waals surface area contributed by atoms with Crippen molar-refractivity contribution >= 4 is 22.6 Å². The highest BCUT2D eigenvalue weighted by Crippen LogP contribution is 2.20. The number of aromatic nitrogens is 4. The Labute approximate surface area is 93.3 Å². The quantitative estimate of drug-likeness (QED) is 0.792. The van der Waals surface area contributed by atoms with E-state index >= 15 is 0 Å². The first-order chi connectivity index (χ1) is 6.66. The molecule has 0 bridgehead atoms. The van der Waals surface area contributed by atoms with Crippen LogP contribution in [0.1, 0.15) is 0 Å². The van der Waals surface area contributed by atoms with Crippen LogP contribution < -0.4 is 5.69 Å². The molecule has 0 unspecified atom stereocenters. The largest absolute Gasteiger partial charge is 0.345 e. The summed E-state index contributed by atoms with van der Waals surface area (Å²) in [5, 5.41) is 4.18. The molecule has 0 radical (unpaired) electrons. The van der Waals surface area contributed by atoms with Crippen molar-refractivity contribution in [1.29, 1.82) is 0 Å². The first kappa shape index (κ1) is 9.38. The van der Waals surface area contributed by atoms with Gasteiger partial charge in [-0.15, -0.1) is 0 Å². The SMILES string of the molecule is Cn1cc(-c2ccnc(=O)[nH]2)c(I)n1. The van der Waals surface area contributed by atoms with Gasteiger partial charge in [0.25, 0.3) is 0 Å². The minimum Gasteiger partial charge on any atom is -0.305 e. The Kier molecular flexibility index (Phi) is 2.36. The van der Waals surface area contributed by atoms with Gasteiger partial charge in [0, 0.05) is 25.0 Å². The molecule has 72 valence electrons. The van der Waals surface area contributed by atoms with Crippen LogP contribution in [0.5, 0.6) is 0 Å². The standard InChI is InChI=1S/C8H7IN4O/c1-13-4-5(7(9)12-13)6-2-3-10-8(14)11-6/h2-4H,1H3,(H,10,11,14). The minimum absolute atomic E-state index is 0.345. The number of nitrogens with one attached hydrogen (secondary N) is 1. The van der Waals surface area contributed by atoms with Crippen molar-refractivity contribution in [3.8, 4) is 11.3 Å². The zero-order chi connectivity index (χ0) is 10.1. The van der Waals surface area contributed by atoms with E-state index in [9.17, 15) is 4.79 Å². The van der Waals surface area contributed by atoms with Crippen molar-refractivity contribution in [3.05, 3.63) is 32.6 Å². The topological polar surface area (TPSA) is 63.6 Å².